The van der Waals surface area contributed by atoms with Crippen molar-refractivity contribution < 1.29 is 4.74 Å². The van der Waals surface area contributed by atoms with E-state index in [1.165, 1.54) is 32.1 Å². The SMILES string of the molecule is CCC1CC(NC2CC=CCC2)CCO1. The van der Waals surface area contributed by atoms with Gasteiger partial charge in [0, 0.05) is 18.7 Å². The van der Waals surface area contributed by atoms with E-state index in [1.807, 2.05) is 0 Å². The minimum Gasteiger partial charge on any atom is -0.378 e. The number of ether oxygens (including phenoxy) is 1. The Labute approximate surface area is 93.1 Å². The van der Waals surface area contributed by atoms with Gasteiger partial charge in [0.2, 0.25) is 0 Å². The molecule has 1 fully saturated rings. The van der Waals surface area contributed by atoms with E-state index in [9.17, 15) is 0 Å². The van der Waals surface area contributed by atoms with Crippen LogP contribution in [0.4, 0.5) is 0 Å². The van der Waals surface area contributed by atoms with Crippen LogP contribution in [0.1, 0.15) is 45.4 Å². The van der Waals surface area contributed by atoms with E-state index in [0.29, 0.717) is 12.1 Å². The molecular formula is C13H23NO. The van der Waals surface area contributed by atoms with Crippen LogP contribution in [0.25, 0.3) is 0 Å². The van der Waals surface area contributed by atoms with Crippen LogP contribution < -0.4 is 5.32 Å². The fraction of sp³-hybridized carbons (Fsp3) is 0.846. The highest BCUT2D eigenvalue weighted by Crippen LogP contribution is 2.19. The molecule has 0 aromatic heterocycles. The van der Waals surface area contributed by atoms with Crippen molar-refractivity contribution in [2.24, 2.45) is 0 Å². The van der Waals surface area contributed by atoms with Gasteiger partial charge in [0.25, 0.3) is 0 Å². The second-order valence-corrected chi connectivity index (χ2v) is 4.77. The number of hydrogen-bond acceptors (Lipinski definition) is 2. The summed E-state index contributed by atoms with van der Waals surface area (Å²) in [7, 11) is 0. The molecule has 0 aromatic carbocycles. The standard InChI is InChI=1S/C13H23NO/c1-2-13-10-12(8-9-15-13)14-11-6-4-3-5-7-11/h3-4,11-14H,2,5-10H2,1H3. The van der Waals surface area contributed by atoms with E-state index in [2.05, 4.69) is 24.4 Å². The zero-order chi connectivity index (χ0) is 10.5. The smallest absolute Gasteiger partial charge is 0.0587 e. The third-order valence-corrected chi connectivity index (χ3v) is 3.56. The van der Waals surface area contributed by atoms with Gasteiger partial charge in [-0.2, -0.15) is 0 Å². The van der Waals surface area contributed by atoms with Crippen molar-refractivity contribution in [3.8, 4) is 0 Å². The summed E-state index contributed by atoms with van der Waals surface area (Å²) in [6.07, 6.45) is 12.4. The molecule has 1 saturated heterocycles. The molecule has 86 valence electrons. The van der Waals surface area contributed by atoms with Crippen molar-refractivity contribution in [3.63, 3.8) is 0 Å². The Morgan fingerprint density at radius 3 is 2.93 bits per heavy atom. The molecule has 2 rings (SSSR count). The van der Waals surface area contributed by atoms with Gasteiger partial charge < -0.3 is 10.1 Å². The first-order chi connectivity index (χ1) is 7.38. The molecular weight excluding hydrogens is 186 g/mol. The van der Waals surface area contributed by atoms with Gasteiger partial charge >= 0.3 is 0 Å². The van der Waals surface area contributed by atoms with Crippen molar-refractivity contribution in [1.29, 1.82) is 0 Å². The molecule has 2 nitrogen and oxygen atoms in total. The highest BCUT2D eigenvalue weighted by molar-refractivity contribution is 4.94. The number of nitrogens with one attached hydrogen (secondary N) is 1. The van der Waals surface area contributed by atoms with Crippen LogP contribution in [-0.4, -0.2) is 24.8 Å². The van der Waals surface area contributed by atoms with Gasteiger partial charge in [-0.15, -0.1) is 0 Å². The van der Waals surface area contributed by atoms with Crippen LogP contribution in [0.2, 0.25) is 0 Å². The van der Waals surface area contributed by atoms with E-state index in [0.717, 1.165) is 19.1 Å². The lowest BCUT2D eigenvalue weighted by Crippen LogP contribution is -2.44. The van der Waals surface area contributed by atoms with Crippen molar-refractivity contribution in [2.45, 2.75) is 63.6 Å². The molecule has 2 aliphatic rings. The molecule has 15 heavy (non-hydrogen) atoms. The minimum atomic E-state index is 0.496. The normalized spacial score (nSPS) is 36.7. The minimum absolute atomic E-state index is 0.496. The number of hydrogen-bond donors (Lipinski definition) is 1. The van der Waals surface area contributed by atoms with Crippen LogP contribution in [0, 0.1) is 0 Å². The molecule has 0 aromatic rings. The third-order valence-electron chi connectivity index (χ3n) is 3.56. The van der Waals surface area contributed by atoms with Crippen LogP contribution in [-0.2, 0) is 4.74 Å². The van der Waals surface area contributed by atoms with Gasteiger partial charge in [0.05, 0.1) is 6.10 Å². The average molecular weight is 209 g/mol. The molecule has 1 aliphatic carbocycles. The Hall–Kier alpha value is -0.340. The summed E-state index contributed by atoms with van der Waals surface area (Å²) < 4.78 is 5.69. The largest absolute Gasteiger partial charge is 0.378 e. The summed E-state index contributed by atoms with van der Waals surface area (Å²) in [5.41, 5.74) is 0. The molecule has 3 atom stereocenters. The van der Waals surface area contributed by atoms with Gasteiger partial charge in [-0.25, -0.2) is 0 Å². The maximum atomic E-state index is 5.69. The van der Waals surface area contributed by atoms with E-state index in [4.69, 9.17) is 4.74 Å². The predicted molar refractivity (Wildman–Crippen MR) is 63.0 cm³/mol. The molecule has 0 bridgehead atoms. The van der Waals surface area contributed by atoms with Crippen molar-refractivity contribution >= 4 is 0 Å². The van der Waals surface area contributed by atoms with Gasteiger partial charge in [-0.05, 0) is 38.5 Å². The fourth-order valence-corrected chi connectivity index (χ4v) is 2.59. The summed E-state index contributed by atoms with van der Waals surface area (Å²) in [5, 5.41) is 3.79. The number of allylic oxidation sites excluding steroid dienone is 1. The first-order valence-corrected chi connectivity index (χ1v) is 6.41. The highest BCUT2D eigenvalue weighted by Gasteiger charge is 2.23. The van der Waals surface area contributed by atoms with Gasteiger partial charge in [0.15, 0.2) is 0 Å². The fourth-order valence-electron chi connectivity index (χ4n) is 2.59. The maximum Gasteiger partial charge on any atom is 0.0587 e. The quantitative estimate of drug-likeness (QED) is 0.721. The van der Waals surface area contributed by atoms with E-state index < -0.39 is 0 Å². The summed E-state index contributed by atoms with van der Waals surface area (Å²) in [5.74, 6) is 0. The van der Waals surface area contributed by atoms with E-state index in [-0.39, 0.29) is 0 Å². The van der Waals surface area contributed by atoms with Crippen LogP contribution >= 0.6 is 0 Å². The monoisotopic (exact) mass is 209 g/mol. The lowest BCUT2D eigenvalue weighted by Gasteiger charge is -2.33. The average Bonchev–Trinajstić information content (AvgIpc) is 2.31. The first-order valence-electron chi connectivity index (χ1n) is 6.41. The first kappa shape index (κ1) is 11.2. The van der Waals surface area contributed by atoms with Gasteiger partial charge in [-0.1, -0.05) is 19.1 Å². The summed E-state index contributed by atoms with van der Waals surface area (Å²) in [4.78, 5) is 0. The van der Waals surface area contributed by atoms with Crippen LogP contribution in [0.3, 0.4) is 0 Å². The molecule has 1 heterocycles. The van der Waals surface area contributed by atoms with Crippen LogP contribution in [0.5, 0.6) is 0 Å². The molecule has 0 spiro atoms. The Morgan fingerprint density at radius 2 is 2.20 bits per heavy atom. The summed E-state index contributed by atoms with van der Waals surface area (Å²) in [6.45, 7) is 3.16. The lowest BCUT2D eigenvalue weighted by molar-refractivity contribution is -0.00211. The van der Waals surface area contributed by atoms with Crippen molar-refractivity contribution in [3.05, 3.63) is 12.2 Å². The molecule has 0 radical (unpaired) electrons. The second kappa shape index (κ2) is 5.66. The molecule has 0 amide bonds. The lowest BCUT2D eigenvalue weighted by atomic mass is 9.97. The predicted octanol–water partition coefficient (Wildman–Crippen LogP) is 2.64. The van der Waals surface area contributed by atoms with E-state index in [1.54, 1.807) is 0 Å². The molecule has 0 saturated carbocycles. The highest BCUT2D eigenvalue weighted by atomic mass is 16.5. The van der Waals surface area contributed by atoms with Gasteiger partial charge in [0.1, 0.15) is 0 Å². The Kier molecular flexibility index (Phi) is 4.21. The summed E-state index contributed by atoms with van der Waals surface area (Å²) in [6, 6.07) is 1.41. The molecule has 3 unspecified atom stereocenters. The molecule has 2 heteroatoms. The summed E-state index contributed by atoms with van der Waals surface area (Å²) >= 11 is 0. The zero-order valence-corrected chi connectivity index (χ0v) is 9.74. The molecule has 1 aliphatic heterocycles. The van der Waals surface area contributed by atoms with Crippen LogP contribution in [0.15, 0.2) is 12.2 Å². The molecule has 1 N–H and O–H groups in total. The number of rotatable bonds is 3. The third kappa shape index (κ3) is 3.32. The Balaban J connectivity index is 1.75. The Bertz CT molecular complexity index is 215. The van der Waals surface area contributed by atoms with E-state index >= 15 is 0 Å². The maximum absolute atomic E-state index is 5.69. The van der Waals surface area contributed by atoms with Crippen molar-refractivity contribution in [1.82, 2.24) is 5.32 Å². The second-order valence-electron chi connectivity index (χ2n) is 4.77. The van der Waals surface area contributed by atoms with Gasteiger partial charge in [-0.3, -0.25) is 0 Å². The Morgan fingerprint density at radius 1 is 1.27 bits per heavy atom. The zero-order valence-electron chi connectivity index (χ0n) is 9.74. The topological polar surface area (TPSA) is 21.3 Å². The van der Waals surface area contributed by atoms with Crippen molar-refractivity contribution in [2.75, 3.05) is 6.61 Å².